The van der Waals surface area contributed by atoms with Crippen LogP contribution in [0.3, 0.4) is 0 Å². The van der Waals surface area contributed by atoms with E-state index in [0.717, 1.165) is 44.4 Å². The van der Waals surface area contributed by atoms with Gasteiger partial charge in [-0.3, -0.25) is 9.79 Å². The Bertz CT molecular complexity index is 583. The SMILES string of the molecule is CCNC(=NCCNC(=O)c1ccc(OC)cc1)N(C)CC1CCOC1. The molecule has 1 fully saturated rings. The van der Waals surface area contributed by atoms with E-state index in [1.165, 1.54) is 0 Å². The van der Waals surface area contributed by atoms with Crippen LogP contribution in [0.25, 0.3) is 0 Å². The van der Waals surface area contributed by atoms with E-state index >= 15 is 0 Å². The summed E-state index contributed by atoms with van der Waals surface area (Å²) in [6, 6.07) is 7.05. The summed E-state index contributed by atoms with van der Waals surface area (Å²) in [4.78, 5) is 18.9. The number of rotatable bonds is 8. The molecule has 7 nitrogen and oxygen atoms in total. The average molecular weight is 362 g/mol. The largest absolute Gasteiger partial charge is 0.497 e. The molecule has 1 aliphatic heterocycles. The lowest BCUT2D eigenvalue weighted by atomic mass is 10.1. The minimum atomic E-state index is -0.107. The van der Waals surface area contributed by atoms with Crippen LogP contribution in [0.5, 0.6) is 5.75 Å². The van der Waals surface area contributed by atoms with Crippen molar-refractivity contribution in [1.82, 2.24) is 15.5 Å². The van der Waals surface area contributed by atoms with Gasteiger partial charge in [0.25, 0.3) is 5.91 Å². The van der Waals surface area contributed by atoms with E-state index in [1.54, 1.807) is 31.4 Å². The van der Waals surface area contributed by atoms with Gasteiger partial charge in [-0.1, -0.05) is 0 Å². The molecule has 1 aliphatic rings. The maximum Gasteiger partial charge on any atom is 0.251 e. The number of nitrogens with zero attached hydrogens (tertiary/aromatic N) is 2. The number of hydrogen-bond acceptors (Lipinski definition) is 4. The summed E-state index contributed by atoms with van der Waals surface area (Å²) in [5, 5.41) is 6.19. The predicted molar refractivity (Wildman–Crippen MR) is 103 cm³/mol. The fourth-order valence-corrected chi connectivity index (χ4v) is 2.85. The van der Waals surface area contributed by atoms with E-state index in [2.05, 4.69) is 20.5 Å². The van der Waals surface area contributed by atoms with Crippen LogP contribution in [-0.4, -0.2) is 70.3 Å². The Balaban J connectivity index is 1.79. The molecule has 1 aromatic carbocycles. The van der Waals surface area contributed by atoms with Crippen molar-refractivity contribution in [3.63, 3.8) is 0 Å². The summed E-state index contributed by atoms with van der Waals surface area (Å²) >= 11 is 0. The van der Waals surface area contributed by atoms with Crippen molar-refractivity contribution in [3.8, 4) is 5.75 Å². The van der Waals surface area contributed by atoms with Crippen molar-refractivity contribution in [2.24, 2.45) is 10.9 Å². The summed E-state index contributed by atoms with van der Waals surface area (Å²) < 4.78 is 10.5. The molecule has 1 amide bonds. The molecule has 0 bridgehead atoms. The highest BCUT2D eigenvalue weighted by molar-refractivity contribution is 5.94. The Labute approximate surface area is 155 Å². The molecule has 26 heavy (non-hydrogen) atoms. The number of benzene rings is 1. The smallest absolute Gasteiger partial charge is 0.251 e. The van der Waals surface area contributed by atoms with Crippen molar-refractivity contribution < 1.29 is 14.3 Å². The van der Waals surface area contributed by atoms with Gasteiger partial charge >= 0.3 is 0 Å². The molecular weight excluding hydrogens is 332 g/mol. The molecule has 0 aliphatic carbocycles. The monoisotopic (exact) mass is 362 g/mol. The topological polar surface area (TPSA) is 75.2 Å². The van der Waals surface area contributed by atoms with Crippen LogP contribution in [0, 0.1) is 5.92 Å². The number of amides is 1. The van der Waals surface area contributed by atoms with Gasteiger partial charge < -0.3 is 25.0 Å². The number of aliphatic imine (C=N–C) groups is 1. The van der Waals surface area contributed by atoms with Gasteiger partial charge in [-0.05, 0) is 37.6 Å². The first kappa shape index (κ1) is 20.0. The lowest BCUT2D eigenvalue weighted by Crippen LogP contribution is -2.42. The Morgan fingerprint density at radius 1 is 1.35 bits per heavy atom. The fourth-order valence-electron chi connectivity index (χ4n) is 2.85. The van der Waals surface area contributed by atoms with E-state index in [4.69, 9.17) is 9.47 Å². The number of guanidine groups is 1. The highest BCUT2D eigenvalue weighted by Gasteiger charge is 2.19. The molecule has 2 N–H and O–H groups in total. The van der Waals surface area contributed by atoms with Gasteiger partial charge in [0.2, 0.25) is 0 Å². The third kappa shape index (κ3) is 6.22. The number of carbonyl (C=O) groups excluding carboxylic acids is 1. The zero-order valence-electron chi connectivity index (χ0n) is 16.0. The molecule has 1 saturated heterocycles. The predicted octanol–water partition coefficient (Wildman–Crippen LogP) is 1.36. The van der Waals surface area contributed by atoms with E-state index in [-0.39, 0.29) is 5.91 Å². The van der Waals surface area contributed by atoms with Gasteiger partial charge in [-0.2, -0.15) is 0 Å². The third-order valence-corrected chi connectivity index (χ3v) is 4.26. The van der Waals surface area contributed by atoms with Gasteiger partial charge in [0.05, 0.1) is 20.3 Å². The minimum Gasteiger partial charge on any atom is -0.497 e. The molecule has 0 radical (unpaired) electrons. The number of carbonyl (C=O) groups is 1. The molecule has 7 heteroatoms. The summed E-state index contributed by atoms with van der Waals surface area (Å²) in [6.45, 7) is 6.46. The lowest BCUT2D eigenvalue weighted by Gasteiger charge is -2.24. The van der Waals surface area contributed by atoms with Crippen molar-refractivity contribution >= 4 is 11.9 Å². The Kier molecular flexibility index (Phi) is 8.21. The van der Waals surface area contributed by atoms with Crippen molar-refractivity contribution in [2.75, 3.05) is 53.6 Å². The van der Waals surface area contributed by atoms with Gasteiger partial charge in [0, 0.05) is 44.8 Å². The molecule has 1 unspecified atom stereocenters. The van der Waals surface area contributed by atoms with Gasteiger partial charge in [0.1, 0.15) is 5.75 Å². The minimum absolute atomic E-state index is 0.107. The molecule has 1 heterocycles. The van der Waals surface area contributed by atoms with Crippen molar-refractivity contribution in [3.05, 3.63) is 29.8 Å². The molecule has 144 valence electrons. The summed E-state index contributed by atoms with van der Waals surface area (Å²) in [6.07, 6.45) is 1.10. The Hall–Kier alpha value is -2.28. The molecule has 1 aromatic rings. The van der Waals surface area contributed by atoms with Gasteiger partial charge in [-0.25, -0.2) is 0 Å². The molecule has 0 spiro atoms. The molecule has 1 atom stereocenters. The molecule has 0 aromatic heterocycles. The van der Waals surface area contributed by atoms with Gasteiger partial charge in [0.15, 0.2) is 5.96 Å². The zero-order valence-corrected chi connectivity index (χ0v) is 16.0. The zero-order chi connectivity index (χ0) is 18.8. The second kappa shape index (κ2) is 10.7. The number of ether oxygens (including phenoxy) is 2. The second-order valence-electron chi connectivity index (χ2n) is 6.33. The molecular formula is C19H30N4O3. The standard InChI is InChI=1S/C19H30N4O3/c1-4-20-19(23(2)13-15-9-12-26-14-15)22-11-10-21-18(24)16-5-7-17(25-3)8-6-16/h5-8,15H,4,9-14H2,1-3H3,(H,20,22)(H,21,24). The van der Waals surface area contributed by atoms with Crippen LogP contribution >= 0.6 is 0 Å². The third-order valence-electron chi connectivity index (χ3n) is 4.26. The Morgan fingerprint density at radius 3 is 2.73 bits per heavy atom. The highest BCUT2D eigenvalue weighted by atomic mass is 16.5. The van der Waals surface area contributed by atoms with Crippen LogP contribution in [0.15, 0.2) is 29.3 Å². The number of methoxy groups -OCH3 is 1. The number of hydrogen-bond donors (Lipinski definition) is 2. The quantitative estimate of drug-likeness (QED) is 0.415. The summed E-state index contributed by atoms with van der Waals surface area (Å²) in [7, 11) is 3.64. The molecule has 0 saturated carbocycles. The summed E-state index contributed by atoms with van der Waals surface area (Å²) in [5.41, 5.74) is 0.611. The average Bonchev–Trinajstić information content (AvgIpc) is 3.17. The van der Waals surface area contributed by atoms with E-state index in [0.29, 0.717) is 24.6 Å². The lowest BCUT2D eigenvalue weighted by molar-refractivity contribution is 0.0954. The van der Waals surface area contributed by atoms with Crippen LogP contribution in [0.1, 0.15) is 23.7 Å². The van der Waals surface area contributed by atoms with E-state index < -0.39 is 0 Å². The maximum atomic E-state index is 12.1. The Morgan fingerprint density at radius 2 is 2.12 bits per heavy atom. The second-order valence-corrected chi connectivity index (χ2v) is 6.33. The van der Waals surface area contributed by atoms with Crippen molar-refractivity contribution in [2.45, 2.75) is 13.3 Å². The normalized spacial score (nSPS) is 17.0. The van der Waals surface area contributed by atoms with E-state index in [9.17, 15) is 4.79 Å². The van der Waals surface area contributed by atoms with Crippen LogP contribution < -0.4 is 15.4 Å². The van der Waals surface area contributed by atoms with Crippen LogP contribution in [0.2, 0.25) is 0 Å². The van der Waals surface area contributed by atoms with E-state index in [1.807, 2.05) is 14.0 Å². The van der Waals surface area contributed by atoms with Crippen molar-refractivity contribution in [1.29, 1.82) is 0 Å². The number of nitrogens with one attached hydrogen (secondary N) is 2. The maximum absolute atomic E-state index is 12.1. The van der Waals surface area contributed by atoms with Gasteiger partial charge in [-0.15, -0.1) is 0 Å². The summed E-state index contributed by atoms with van der Waals surface area (Å²) in [5.74, 6) is 2.04. The fraction of sp³-hybridized carbons (Fsp3) is 0.579. The molecule has 2 rings (SSSR count). The first-order chi connectivity index (χ1) is 12.6. The first-order valence-corrected chi connectivity index (χ1v) is 9.13. The van der Waals surface area contributed by atoms with Crippen LogP contribution in [0.4, 0.5) is 0 Å². The van der Waals surface area contributed by atoms with Crippen LogP contribution in [-0.2, 0) is 4.74 Å². The highest BCUT2D eigenvalue weighted by Crippen LogP contribution is 2.13. The first-order valence-electron chi connectivity index (χ1n) is 9.13.